The highest BCUT2D eigenvalue weighted by molar-refractivity contribution is 7.18. The van der Waals surface area contributed by atoms with Crippen molar-refractivity contribution in [3.8, 4) is 0 Å². The van der Waals surface area contributed by atoms with Crippen LogP contribution in [0.4, 0.5) is 0 Å². The van der Waals surface area contributed by atoms with Gasteiger partial charge in [-0.25, -0.2) is 0 Å². The van der Waals surface area contributed by atoms with E-state index in [0.717, 1.165) is 0 Å². The lowest BCUT2D eigenvalue weighted by Crippen LogP contribution is -2.12. The molecule has 4 heteroatoms. The molecule has 0 rings (SSSR count). The summed E-state index contributed by atoms with van der Waals surface area (Å²) in [6.45, 7) is 1.29. The lowest BCUT2D eigenvalue weighted by molar-refractivity contribution is -0.121. The quantitative estimate of drug-likeness (QED) is 0.405. The van der Waals surface area contributed by atoms with Crippen LogP contribution >= 0.6 is 9.24 Å². The molecule has 1 atom stereocenters. The molecule has 0 fully saturated rings. The highest BCUT2D eigenvalue weighted by Gasteiger charge is 1.98. The zero-order valence-corrected chi connectivity index (χ0v) is 7.67. The van der Waals surface area contributed by atoms with E-state index in [4.69, 9.17) is 9.47 Å². The first-order chi connectivity index (χ1) is 4.81. The van der Waals surface area contributed by atoms with Crippen LogP contribution < -0.4 is 0 Å². The summed E-state index contributed by atoms with van der Waals surface area (Å²) in [5.74, 6) is 0.148. The Labute approximate surface area is 63.3 Å². The Morgan fingerprint density at radius 1 is 1.50 bits per heavy atom. The van der Waals surface area contributed by atoms with Gasteiger partial charge in [0.2, 0.25) is 0 Å². The van der Waals surface area contributed by atoms with Gasteiger partial charge in [0.15, 0.2) is 5.78 Å². The van der Waals surface area contributed by atoms with Crippen molar-refractivity contribution in [2.75, 3.05) is 33.1 Å². The Bertz CT molecular complexity index is 95.0. The number of hydrogen-bond acceptors (Lipinski definition) is 3. The van der Waals surface area contributed by atoms with Crippen LogP contribution in [0, 0.1) is 0 Å². The molecule has 0 saturated heterocycles. The Morgan fingerprint density at radius 3 is 2.70 bits per heavy atom. The third-order valence-electron chi connectivity index (χ3n) is 0.974. The van der Waals surface area contributed by atoms with Gasteiger partial charge in [0.25, 0.3) is 0 Å². The molecule has 0 bridgehead atoms. The van der Waals surface area contributed by atoms with Crippen molar-refractivity contribution in [2.24, 2.45) is 0 Å². The molecule has 10 heavy (non-hydrogen) atoms. The summed E-state index contributed by atoms with van der Waals surface area (Å²) in [5.41, 5.74) is 0. The number of rotatable bonds is 6. The average Bonchev–Trinajstić information content (AvgIpc) is 1.98. The fourth-order valence-corrected chi connectivity index (χ4v) is 0.545. The highest BCUT2D eigenvalue weighted by Crippen LogP contribution is 1.84. The standard InChI is InChI=1S/C6H13O3P/c1-8-2-3-9-4-6(7)5-10/h2-5,10H2,1H3/p+1. The molecule has 0 aromatic carbocycles. The molecule has 1 unspecified atom stereocenters. The number of methoxy groups -OCH3 is 1. The van der Waals surface area contributed by atoms with Crippen LogP contribution in [0.3, 0.4) is 0 Å². The predicted molar refractivity (Wildman–Crippen MR) is 43.7 cm³/mol. The number of carbonyl (C=O) groups excluding carboxylic acids is 1. The Balaban J connectivity index is 2.96. The van der Waals surface area contributed by atoms with E-state index in [2.05, 4.69) is 0 Å². The van der Waals surface area contributed by atoms with Gasteiger partial charge in [0.1, 0.15) is 12.8 Å². The van der Waals surface area contributed by atoms with Crippen LogP contribution in [0.2, 0.25) is 0 Å². The van der Waals surface area contributed by atoms with Crippen LogP contribution in [0.15, 0.2) is 0 Å². The zero-order chi connectivity index (χ0) is 7.82. The van der Waals surface area contributed by atoms with E-state index < -0.39 is 0 Å². The van der Waals surface area contributed by atoms with Crippen molar-refractivity contribution < 1.29 is 14.3 Å². The van der Waals surface area contributed by atoms with Crippen LogP contribution in [-0.4, -0.2) is 38.9 Å². The van der Waals surface area contributed by atoms with Gasteiger partial charge in [-0.15, -0.1) is 0 Å². The topological polar surface area (TPSA) is 35.5 Å². The highest BCUT2D eigenvalue weighted by atomic mass is 31.0. The number of ketones is 1. The molecule has 0 spiro atoms. The van der Waals surface area contributed by atoms with Crippen molar-refractivity contribution in [2.45, 2.75) is 0 Å². The minimum absolute atomic E-state index is 0.148. The maximum Gasteiger partial charge on any atom is 0.194 e. The molecule has 0 amide bonds. The molecule has 0 aliphatic carbocycles. The number of carbonyl (C=O) groups is 1. The second-order valence-corrected chi connectivity index (χ2v) is 2.33. The summed E-state index contributed by atoms with van der Waals surface area (Å²) < 4.78 is 9.68. The molecule has 0 aromatic heterocycles. The van der Waals surface area contributed by atoms with Gasteiger partial charge in [-0.2, -0.15) is 0 Å². The minimum Gasteiger partial charge on any atom is -0.382 e. The molecule has 0 saturated carbocycles. The first-order valence-corrected chi connectivity index (χ1v) is 4.19. The van der Waals surface area contributed by atoms with E-state index >= 15 is 0 Å². The smallest absolute Gasteiger partial charge is 0.194 e. The summed E-state index contributed by atoms with van der Waals surface area (Å²) in [6.07, 6.45) is 0.576. The van der Waals surface area contributed by atoms with Gasteiger partial charge in [0, 0.05) is 7.11 Å². The third kappa shape index (κ3) is 6.14. The fourth-order valence-electron chi connectivity index (χ4n) is 0.400. The van der Waals surface area contributed by atoms with Gasteiger partial charge in [-0.05, 0) is 9.24 Å². The lowest BCUT2D eigenvalue weighted by atomic mass is 10.5. The van der Waals surface area contributed by atoms with Gasteiger partial charge in [0.05, 0.1) is 13.2 Å². The normalized spacial score (nSPS) is 10.1. The minimum atomic E-state index is 0.148. The summed E-state index contributed by atoms with van der Waals surface area (Å²) in [7, 11) is 3.25. The molecule has 60 valence electrons. The lowest BCUT2D eigenvalue weighted by Gasteiger charge is -1.98. The van der Waals surface area contributed by atoms with Crippen molar-refractivity contribution >= 4 is 15.0 Å². The summed E-state index contributed by atoms with van der Waals surface area (Å²) in [5, 5.41) is 0. The van der Waals surface area contributed by atoms with E-state index in [1.807, 2.05) is 0 Å². The van der Waals surface area contributed by atoms with Gasteiger partial charge in [-0.1, -0.05) is 0 Å². The molecule has 0 aliphatic heterocycles. The molecule has 0 aliphatic rings. The van der Waals surface area contributed by atoms with Gasteiger partial charge in [-0.3, -0.25) is 4.79 Å². The summed E-state index contributed by atoms with van der Waals surface area (Å²) in [4.78, 5) is 10.6. The van der Waals surface area contributed by atoms with Crippen LogP contribution in [0.5, 0.6) is 0 Å². The van der Waals surface area contributed by atoms with E-state index in [-0.39, 0.29) is 12.4 Å². The molecule has 3 nitrogen and oxygen atoms in total. The molecule has 0 N–H and O–H groups in total. The van der Waals surface area contributed by atoms with Crippen LogP contribution in [-0.2, 0) is 14.3 Å². The third-order valence-corrected chi connectivity index (χ3v) is 1.53. The van der Waals surface area contributed by atoms with Crippen molar-refractivity contribution in [1.29, 1.82) is 0 Å². The monoisotopic (exact) mass is 165 g/mol. The van der Waals surface area contributed by atoms with Crippen molar-refractivity contribution in [3.05, 3.63) is 0 Å². The Hall–Kier alpha value is 0.0200. The molecule has 0 aromatic rings. The Morgan fingerprint density at radius 2 is 2.20 bits per heavy atom. The fraction of sp³-hybridized carbons (Fsp3) is 0.833. The number of ether oxygens (including phenoxy) is 2. The first-order valence-electron chi connectivity index (χ1n) is 3.19. The Kier molecular flexibility index (Phi) is 7.15. The number of hydrogen-bond donors (Lipinski definition) is 0. The summed E-state index contributed by atoms with van der Waals surface area (Å²) >= 11 is 0. The molecular formula is C6H14O3P+. The van der Waals surface area contributed by atoms with E-state index in [9.17, 15) is 4.79 Å². The maximum absolute atomic E-state index is 10.6. The van der Waals surface area contributed by atoms with E-state index in [1.54, 1.807) is 16.3 Å². The SMILES string of the molecule is COCCOCC(=O)C[PH3+]. The molecule has 0 radical (unpaired) electrons. The second-order valence-electron chi connectivity index (χ2n) is 1.83. The average molecular weight is 165 g/mol. The van der Waals surface area contributed by atoms with Crippen molar-refractivity contribution in [3.63, 3.8) is 0 Å². The van der Waals surface area contributed by atoms with Crippen LogP contribution in [0.1, 0.15) is 0 Å². The molecular weight excluding hydrogens is 151 g/mol. The molecule has 0 heterocycles. The first kappa shape index (κ1) is 10.0. The van der Waals surface area contributed by atoms with Crippen molar-refractivity contribution in [1.82, 2.24) is 0 Å². The predicted octanol–water partition coefficient (Wildman–Crippen LogP) is -0.174. The van der Waals surface area contributed by atoms with Gasteiger partial charge >= 0.3 is 0 Å². The largest absolute Gasteiger partial charge is 0.382 e. The zero-order valence-electron chi connectivity index (χ0n) is 6.26. The maximum atomic E-state index is 10.6. The van der Waals surface area contributed by atoms with Gasteiger partial charge < -0.3 is 9.47 Å². The van der Waals surface area contributed by atoms with E-state index in [1.165, 1.54) is 0 Å². The summed E-state index contributed by atoms with van der Waals surface area (Å²) in [6, 6.07) is 0. The second kappa shape index (κ2) is 7.13. The van der Waals surface area contributed by atoms with Crippen LogP contribution in [0.25, 0.3) is 0 Å². The number of Topliss-reactive ketones (excluding diaryl/α,β-unsaturated/α-hetero) is 1. The van der Waals surface area contributed by atoms with E-state index in [0.29, 0.717) is 19.4 Å².